The van der Waals surface area contributed by atoms with Crippen LogP contribution >= 0.6 is 0 Å². The zero-order valence-electron chi connectivity index (χ0n) is 34.5. The molecule has 5 saturated carbocycles. The third-order valence-corrected chi connectivity index (χ3v) is 14.4. The quantitative estimate of drug-likeness (QED) is 0.190. The Morgan fingerprint density at radius 2 is 1.43 bits per heavy atom. The van der Waals surface area contributed by atoms with Gasteiger partial charge in [-0.1, -0.05) is 52.4 Å². The number of nitrogens with one attached hydrogen (secondary N) is 4. The summed E-state index contributed by atoms with van der Waals surface area (Å²) >= 11 is 0. The molecule has 1 saturated heterocycles. The van der Waals surface area contributed by atoms with Gasteiger partial charge in [-0.25, -0.2) is 0 Å². The number of nitrogens with two attached hydrogens (primary N) is 2. The molecule has 8 N–H and O–H groups in total. The van der Waals surface area contributed by atoms with Crippen molar-refractivity contribution < 1.29 is 33.4 Å². The molecule has 0 radical (unpaired) electrons. The van der Waals surface area contributed by atoms with Crippen LogP contribution in [0.2, 0.25) is 0 Å². The average Bonchev–Trinajstić information content (AvgIpc) is 3.39. The van der Waals surface area contributed by atoms with Crippen molar-refractivity contribution in [3.05, 3.63) is 0 Å². The van der Waals surface area contributed by atoms with Gasteiger partial charge in [0.1, 0.15) is 30.4 Å². The Morgan fingerprint density at radius 1 is 0.786 bits per heavy atom. The molecule has 7 atom stereocenters. The summed E-state index contributed by atoms with van der Waals surface area (Å²) in [5, 5.41) is 11.6. The molecule has 2 spiro atoms. The lowest BCUT2D eigenvalue weighted by atomic mass is 9.51. The van der Waals surface area contributed by atoms with E-state index in [0.717, 1.165) is 77.0 Å². The Hall–Kier alpha value is -2.81. The van der Waals surface area contributed by atoms with E-state index in [4.69, 9.17) is 20.9 Å². The Bertz CT molecular complexity index is 1400. The van der Waals surface area contributed by atoms with Gasteiger partial charge in [-0.3, -0.25) is 24.0 Å². The van der Waals surface area contributed by atoms with Crippen molar-refractivity contribution in [2.45, 2.75) is 185 Å². The highest BCUT2D eigenvalue weighted by molar-refractivity contribution is 5.96. The number of rotatable bonds is 9. The van der Waals surface area contributed by atoms with E-state index in [0.29, 0.717) is 30.6 Å². The van der Waals surface area contributed by atoms with Gasteiger partial charge in [0, 0.05) is 19.6 Å². The normalized spacial score (nSPS) is 38.1. The van der Waals surface area contributed by atoms with Crippen molar-refractivity contribution in [3.63, 3.8) is 0 Å². The molecule has 6 fully saturated rings. The van der Waals surface area contributed by atoms with Crippen molar-refractivity contribution in [2.24, 2.45) is 40.1 Å². The predicted molar refractivity (Wildman–Crippen MR) is 211 cm³/mol. The Morgan fingerprint density at radius 3 is 2.02 bits per heavy atom. The summed E-state index contributed by atoms with van der Waals surface area (Å²) in [5.74, 6) is -2.58. The van der Waals surface area contributed by atoms with Crippen LogP contribution in [0.1, 0.15) is 136 Å². The molecule has 6 aliphatic rings. The monoisotopic (exact) mass is 786 g/mol. The minimum Gasteiger partial charge on any atom is -0.375 e. The van der Waals surface area contributed by atoms with Crippen LogP contribution in [-0.2, 0) is 33.4 Å². The molecule has 1 aliphatic heterocycles. The minimum absolute atomic E-state index is 0.0472. The molecule has 316 valence electrons. The Balaban J connectivity index is 1.26. The second-order valence-electron chi connectivity index (χ2n) is 18.9. The zero-order valence-corrected chi connectivity index (χ0v) is 34.5. The average molecular weight is 786 g/mol. The van der Waals surface area contributed by atoms with E-state index in [1.807, 2.05) is 13.8 Å². The van der Waals surface area contributed by atoms with Crippen LogP contribution in [-0.4, -0.2) is 103 Å². The number of nitrogens with zero attached hydrogens (tertiary/aromatic N) is 1. The molecule has 0 aromatic carbocycles. The molecule has 14 nitrogen and oxygen atoms in total. The highest BCUT2D eigenvalue weighted by Gasteiger charge is 2.53. The number of carbonyl (C=O) groups excluding carboxylic acids is 5. The van der Waals surface area contributed by atoms with Gasteiger partial charge < -0.3 is 47.1 Å². The van der Waals surface area contributed by atoms with Gasteiger partial charge in [0.05, 0.1) is 24.7 Å². The predicted octanol–water partition coefficient (Wildman–Crippen LogP) is 2.75. The zero-order chi connectivity index (χ0) is 40.2. The fourth-order valence-corrected chi connectivity index (χ4v) is 11.0. The first-order valence-corrected chi connectivity index (χ1v) is 21.9. The number of hydrogen-bond acceptors (Lipinski definition) is 9. The molecule has 6 rings (SSSR count). The van der Waals surface area contributed by atoms with Crippen LogP contribution in [0, 0.1) is 28.6 Å². The molecule has 5 aliphatic carbocycles. The van der Waals surface area contributed by atoms with Crippen molar-refractivity contribution in [1.29, 1.82) is 0 Å². The SMILES string of the molecule is CCC[C@H]1C(=O)N[C@@H](C2CCCCCC2)C(=O)N[C@@H](CN)C(=O)N[C@@H](COC2CC3(CC(N)C3)C2)C(=O)N[C@H](C)O[C@H](CC2CC3(CCC3)C2)[C@@H](C)C(=O)N1C. The van der Waals surface area contributed by atoms with Gasteiger partial charge in [-0.2, -0.15) is 0 Å². The first-order chi connectivity index (χ1) is 26.7. The lowest BCUT2D eigenvalue weighted by molar-refractivity contribution is -0.153. The Kier molecular flexibility index (Phi) is 14.1. The van der Waals surface area contributed by atoms with Crippen molar-refractivity contribution in [1.82, 2.24) is 26.2 Å². The number of ether oxygens (including phenoxy) is 2. The van der Waals surface area contributed by atoms with Crippen LogP contribution in [0.4, 0.5) is 0 Å². The molecule has 1 heterocycles. The summed E-state index contributed by atoms with van der Waals surface area (Å²) in [4.78, 5) is 72.2. The van der Waals surface area contributed by atoms with Crippen molar-refractivity contribution in [2.75, 3.05) is 20.2 Å². The summed E-state index contributed by atoms with van der Waals surface area (Å²) in [7, 11) is 1.66. The highest BCUT2D eigenvalue weighted by Crippen LogP contribution is 2.60. The molecule has 0 unspecified atom stereocenters. The summed E-state index contributed by atoms with van der Waals surface area (Å²) in [6, 6.07) is -3.77. The molecular weight excluding hydrogens is 715 g/mol. The van der Waals surface area contributed by atoms with E-state index in [-0.39, 0.29) is 42.5 Å². The Labute approximate surface area is 333 Å². The second kappa shape index (κ2) is 18.4. The van der Waals surface area contributed by atoms with E-state index in [1.165, 1.54) is 24.2 Å². The highest BCUT2D eigenvalue weighted by atomic mass is 16.5. The van der Waals surface area contributed by atoms with Gasteiger partial charge >= 0.3 is 0 Å². The molecule has 14 heteroatoms. The maximum atomic E-state index is 14.4. The third-order valence-electron chi connectivity index (χ3n) is 14.4. The van der Waals surface area contributed by atoms with Crippen LogP contribution in [0.5, 0.6) is 0 Å². The lowest BCUT2D eigenvalue weighted by Crippen LogP contribution is -2.62. The first kappa shape index (κ1) is 42.8. The third kappa shape index (κ3) is 9.89. The van der Waals surface area contributed by atoms with Crippen LogP contribution < -0.4 is 32.7 Å². The van der Waals surface area contributed by atoms with Gasteiger partial charge in [0.25, 0.3) is 0 Å². The molecular formula is C42H71N7O7. The fraction of sp³-hybridized carbons (Fsp3) is 0.881. The van der Waals surface area contributed by atoms with E-state index in [2.05, 4.69) is 21.3 Å². The molecule has 0 aromatic heterocycles. The smallest absolute Gasteiger partial charge is 0.246 e. The second-order valence-corrected chi connectivity index (χ2v) is 18.9. The van der Waals surface area contributed by atoms with E-state index < -0.39 is 66.0 Å². The number of carbonyl (C=O) groups is 5. The molecule has 0 bridgehead atoms. The van der Waals surface area contributed by atoms with Gasteiger partial charge in [0.2, 0.25) is 29.5 Å². The van der Waals surface area contributed by atoms with Crippen molar-refractivity contribution >= 4 is 29.5 Å². The van der Waals surface area contributed by atoms with E-state index >= 15 is 0 Å². The van der Waals surface area contributed by atoms with E-state index in [1.54, 1.807) is 14.0 Å². The minimum atomic E-state index is -1.17. The van der Waals surface area contributed by atoms with Gasteiger partial charge in [-0.05, 0) is 107 Å². The standard InChI is InChI=1S/C42H71N7O7/c1-5-11-33-38(52)48-35(28-12-8-6-7-9-13-28)39(53)46-31(23-43)36(50)47-32(24-55-30-21-42(22-30)19-29(44)20-42)37(51)45-26(3)56-34(25(2)40(54)49(33)4)16-27-17-41(18-27)14-10-15-41/h25-35H,5-24,43-44H2,1-4H3,(H,45,51)(H,46,53)(H,47,50)(H,48,52)/t25-,26+,29?,30?,31+,32+,33+,34-,35+,42?/m1/s1. The molecule has 56 heavy (non-hydrogen) atoms. The molecule has 0 aromatic rings. The van der Waals surface area contributed by atoms with Gasteiger partial charge in [-0.15, -0.1) is 0 Å². The maximum Gasteiger partial charge on any atom is 0.246 e. The summed E-state index contributed by atoms with van der Waals surface area (Å²) in [6.45, 7) is 5.25. The summed E-state index contributed by atoms with van der Waals surface area (Å²) in [5.41, 5.74) is 12.8. The largest absolute Gasteiger partial charge is 0.375 e. The topological polar surface area (TPSA) is 207 Å². The van der Waals surface area contributed by atoms with E-state index in [9.17, 15) is 24.0 Å². The maximum absolute atomic E-state index is 14.4. The fourth-order valence-electron chi connectivity index (χ4n) is 11.0. The van der Waals surface area contributed by atoms with Crippen LogP contribution in [0.15, 0.2) is 0 Å². The summed E-state index contributed by atoms with van der Waals surface area (Å²) < 4.78 is 12.8. The first-order valence-electron chi connectivity index (χ1n) is 21.9. The summed E-state index contributed by atoms with van der Waals surface area (Å²) in [6.07, 6.45) is 15.4. The van der Waals surface area contributed by atoms with Crippen LogP contribution in [0.25, 0.3) is 0 Å². The van der Waals surface area contributed by atoms with Gasteiger partial charge in [0.15, 0.2) is 0 Å². The van der Waals surface area contributed by atoms with Crippen molar-refractivity contribution in [3.8, 4) is 0 Å². The molecule has 5 amide bonds. The van der Waals surface area contributed by atoms with Crippen LogP contribution in [0.3, 0.4) is 0 Å². The number of hydrogen-bond donors (Lipinski definition) is 6. The lowest BCUT2D eigenvalue weighted by Gasteiger charge is -2.56. The number of amides is 5. The number of likely N-dealkylation sites (N-methyl/N-ethyl adjacent to an activating group) is 1.